The van der Waals surface area contributed by atoms with E-state index in [1.54, 1.807) is 0 Å². The van der Waals surface area contributed by atoms with Crippen molar-refractivity contribution in [2.24, 2.45) is 0 Å². The van der Waals surface area contributed by atoms with Crippen molar-refractivity contribution < 1.29 is 4.79 Å². The molecule has 0 aliphatic rings. The van der Waals surface area contributed by atoms with Gasteiger partial charge in [0.15, 0.2) is 0 Å². The summed E-state index contributed by atoms with van der Waals surface area (Å²) in [7, 11) is 0. The van der Waals surface area contributed by atoms with Crippen molar-refractivity contribution in [1.29, 1.82) is 0 Å². The van der Waals surface area contributed by atoms with E-state index < -0.39 is 0 Å². The van der Waals surface area contributed by atoms with Gasteiger partial charge in [-0.2, -0.15) is 5.10 Å². The van der Waals surface area contributed by atoms with Crippen molar-refractivity contribution in [2.75, 3.05) is 5.32 Å². The van der Waals surface area contributed by atoms with Crippen molar-refractivity contribution in [2.45, 2.75) is 40.3 Å². The number of nitrogens with zero attached hydrogens (tertiary/aromatic N) is 2. The number of urea groups is 1. The average molecular weight is 362 g/mol. The van der Waals surface area contributed by atoms with Gasteiger partial charge in [0.05, 0.1) is 18.3 Å². The summed E-state index contributed by atoms with van der Waals surface area (Å²) in [6.45, 7) is 8.75. The second kappa shape index (κ2) is 8.08. The lowest BCUT2D eigenvalue weighted by Crippen LogP contribution is -2.31. The lowest BCUT2D eigenvalue weighted by Gasteiger charge is -2.17. The number of hydrogen-bond acceptors (Lipinski definition) is 2. The van der Waals surface area contributed by atoms with Crippen LogP contribution in [0.1, 0.15) is 41.0 Å². The number of nitrogens with one attached hydrogen (secondary N) is 2. The van der Waals surface area contributed by atoms with Crippen LogP contribution in [0.3, 0.4) is 0 Å². The van der Waals surface area contributed by atoms with Gasteiger partial charge in [0, 0.05) is 11.4 Å². The quantitative estimate of drug-likeness (QED) is 0.689. The lowest BCUT2D eigenvalue weighted by atomic mass is 10.0. The third-order valence-corrected chi connectivity index (χ3v) is 4.62. The Morgan fingerprint density at radius 3 is 2.56 bits per heavy atom. The molecule has 0 aliphatic carbocycles. The van der Waals surface area contributed by atoms with Gasteiger partial charge in [-0.15, -0.1) is 0 Å². The van der Waals surface area contributed by atoms with Crippen LogP contribution in [0.25, 0.3) is 0 Å². The number of anilines is 1. The summed E-state index contributed by atoms with van der Waals surface area (Å²) in [5.41, 5.74) is 6.26. The van der Waals surface area contributed by atoms with Crippen LogP contribution in [-0.2, 0) is 6.54 Å². The predicted molar refractivity (Wildman–Crippen MR) is 109 cm³/mol. The van der Waals surface area contributed by atoms with E-state index >= 15 is 0 Å². The number of carbonyl (C=O) groups is 1. The van der Waals surface area contributed by atoms with Gasteiger partial charge < -0.3 is 10.6 Å². The van der Waals surface area contributed by atoms with Crippen LogP contribution in [0, 0.1) is 20.8 Å². The van der Waals surface area contributed by atoms with Crippen LogP contribution < -0.4 is 10.6 Å². The maximum absolute atomic E-state index is 12.4. The van der Waals surface area contributed by atoms with E-state index in [-0.39, 0.29) is 12.1 Å². The summed E-state index contributed by atoms with van der Waals surface area (Å²) < 4.78 is 1.97. The smallest absolute Gasteiger partial charge is 0.319 e. The minimum atomic E-state index is -0.214. The van der Waals surface area contributed by atoms with Crippen molar-refractivity contribution in [3.05, 3.63) is 82.7 Å². The summed E-state index contributed by atoms with van der Waals surface area (Å²) in [5, 5.41) is 10.4. The molecule has 0 saturated heterocycles. The van der Waals surface area contributed by atoms with E-state index in [0.717, 1.165) is 33.8 Å². The van der Waals surface area contributed by atoms with Crippen molar-refractivity contribution >= 4 is 11.7 Å². The minimum Gasteiger partial charge on any atom is -0.331 e. The zero-order valence-electron chi connectivity index (χ0n) is 16.3. The first-order valence-electron chi connectivity index (χ1n) is 9.15. The predicted octanol–water partition coefficient (Wildman–Crippen LogP) is 4.74. The Kier molecular flexibility index (Phi) is 5.60. The summed E-state index contributed by atoms with van der Waals surface area (Å²) in [5.74, 6) is 0. The fourth-order valence-electron chi connectivity index (χ4n) is 3.27. The van der Waals surface area contributed by atoms with Crippen LogP contribution in [-0.4, -0.2) is 15.8 Å². The van der Waals surface area contributed by atoms with Crippen LogP contribution in [0.2, 0.25) is 0 Å². The maximum Gasteiger partial charge on any atom is 0.319 e. The highest BCUT2D eigenvalue weighted by atomic mass is 16.2. The monoisotopic (exact) mass is 362 g/mol. The Bertz CT molecular complexity index is 945. The molecule has 2 aromatic carbocycles. The second-order valence-electron chi connectivity index (χ2n) is 6.96. The summed E-state index contributed by atoms with van der Waals surface area (Å²) in [6.07, 6.45) is 0. The first kappa shape index (κ1) is 18.7. The molecule has 140 valence electrons. The van der Waals surface area contributed by atoms with E-state index in [9.17, 15) is 4.79 Å². The van der Waals surface area contributed by atoms with E-state index in [1.807, 2.05) is 80.9 Å². The van der Waals surface area contributed by atoms with E-state index in [4.69, 9.17) is 0 Å². The molecule has 5 heteroatoms. The number of aryl methyl sites for hydroxylation is 3. The number of rotatable bonds is 5. The van der Waals surface area contributed by atoms with E-state index in [1.165, 1.54) is 0 Å². The molecule has 0 saturated carbocycles. The first-order chi connectivity index (χ1) is 12.9. The van der Waals surface area contributed by atoms with Crippen molar-refractivity contribution in [3.63, 3.8) is 0 Å². The zero-order valence-corrected chi connectivity index (χ0v) is 16.3. The Morgan fingerprint density at radius 2 is 1.85 bits per heavy atom. The molecule has 0 aliphatic heterocycles. The maximum atomic E-state index is 12.4. The number of amides is 2. The van der Waals surface area contributed by atoms with Gasteiger partial charge in [-0.25, -0.2) is 4.79 Å². The molecule has 2 amide bonds. The molecule has 1 unspecified atom stereocenters. The highest BCUT2D eigenvalue weighted by Crippen LogP contribution is 2.17. The molecule has 1 atom stereocenters. The Labute approximate surface area is 160 Å². The minimum absolute atomic E-state index is 0.0657. The molecule has 0 bridgehead atoms. The fraction of sp³-hybridized carbons (Fsp3) is 0.273. The van der Waals surface area contributed by atoms with Gasteiger partial charge in [-0.1, -0.05) is 36.4 Å². The van der Waals surface area contributed by atoms with Crippen molar-refractivity contribution in [1.82, 2.24) is 15.1 Å². The first-order valence-corrected chi connectivity index (χ1v) is 9.15. The lowest BCUT2D eigenvalue weighted by molar-refractivity contribution is 0.249. The summed E-state index contributed by atoms with van der Waals surface area (Å²) in [4.78, 5) is 12.4. The van der Waals surface area contributed by atoms with E-state index in [2.05, 4.69) is 21.8 Å². The molecule has 0 fully saturated rings. The summed E-state index contributed by atoms with van der Waals surface area (Å²) in [6, 6.07) is 17.7. The molecule has 2 N–H and O–H groups in total. The third kappa shape index (κ3) is 4.76. The standard InChI is InChI=1S/C22H26N4O/c1-15-8-5-6-11-21(15)18(4)23-22(27)24-20-10-7-9-19(13-20)14-26-17(3)12-16(2)25-26/h5-13,18H,14H2,1-4H3,(H2,23,24,27). The number of benzene rings is 2. The molecule has 3 aromatic rings. The Morgan fingerprint density at radius 1 is 1.07 bits per heavy atom. The van der Waals surface area contributed by atoms with Crippen LogP contribution in [0.4, 0.5) is 10.5 Å². The summed E-state index contributed by atoms with van der Waals surface area (Å²) >= 11 is 0. The molecule has 3 rings (SSSR count). The molecule has 1 aromatic heterocycles. The van der Waals surface area contributed by atoms with Crippen molar-refractivity contribution in [3.8, 4) is 0 Å². The van der Waals surface area contributed by atoms with Crippen LogP contribution in [0.15, 0.2) is 54.6 Å². The average Bonchev–Trinajstić information content (AvgIpc) is 2.92. The van der Waals surface area contributed by atoms with Gasteiger partial charge >= 0.3 is 6.03 Å². The van der Waals surface area contributed by atoms with Gasteiger partial charge in [-0.05, 0) is 62.6 Å². The molecule has 1 heterocycles. The Hall–Kier alpha value is -3.08. The highest BCUT2D eigenvalue weighted by molar-refractivity contribution is 5.89. The topological polar surface area (TPSA) is 59.0 Å². The highest BCUT2D eigenvalue weighted by Gasteiger charge is 2.11. The van der Waals surface area contributed by atoms with Gasteiger partial charge in [0.2, 0.25) is 0 Å². The largest absolute Gasteiger partial charge is 0.331 e. The van der Waals surface area contributed by atoms with Crippen LogP contribution >= 0.6 is 0 Å². The van der Waals surface area contributed by atoms with Crippen LogP contribution in [0.5, 0.6) is 0 Å². The van der Waals surface area contributed by atoms with Gasteiger partial charge in [0.1, 0.15) is 0 Å². The van der Waals surface area contributed by atoms with E-state index in [0.29, 0.717) is 6.54 Å². The molecule has 0 radical (unpaired) electrons. The number of aromatic nitrogens is 2. The third-order valence-electron chi connectivity index (χ3n) is 4.62. The molecular formula is C22H26N4O. The SMILES string of the molecule is Cc1cc(C)n(Cc2cccc(NC(=O)NC(C)c3ccccc3C)c2)n1. The zero-order chi connectivity index (χ0) is 19.4. The van der Waals surface area contributed by atoms with Gasteiger partial charge in [-0.3, -0.25) is 4.68 Å². The molecule has 27 heavy (non-hydrogen) atoms. The van der Waals surface area contributed by atoms with Gasteiger partial charge in [0.25, 0.3) is 0 Å². The molecule has 5 nitrogen and oxygen atoms in total. The normalized spacial score (nSPS) is 11.9. The number of carbonyl (C=O) groups excluding carboxylic acids is 1. The molecule has 0 spiro atoms. The Balaban J connectivity index is 1.64. The fourth-order valence-corrected chi connectivity index (χ4v) is 3.27. The number of hydrogen-bond donors (Lipinski definition) is 2. The molecular weight excluding hydrogens is 336 g/mol. The second-order valence-corrected chi connectivity index (χ2v) is 6.96.